The van der Waals surface area contributed by atoms with Crippen molar-refractivity contribution in [3.63, 3.8) is 0 Å². The van der Waals surface area contributed by atoms with Gasteiger partial charge in [-0.25, -0.2) is 9.78 Å². The Hall–Kier alpha value is -1.60. The Labute approximate surface area is 122 Å². The quantitative estimate of drug-likeness (QED) is 0.893. The largest absolute Gasteiger partial charge is 0.478 e. The van der Waals surface area contributed by atoms with E-state index in [2.05, 4.69) is 20.9 Å². The molecule has 0 atom stereocenters. The molecule has 19 heavy (non-hydrogen) atoms. The molecule has 0 aliphatic rings. The Balaban J connectivity index is 2.21. The molecule has 3 N–H and O–H groups in total. The van der Waals surface area contributed by atoms with Gasteiger partial charge >= 0.3 is 5.97 Å². The molecule has 0 aliphatic carbocycles. The van der Waals surface area contributed by atoms with Crippen LogP contribution >= 0.6 is 27.3 Å². The van der Waals surface area contributed by atoms with Crippen molar-refractivity contribution in [3.05, 3.63) is 38.6 Å². The van der Waals surface area contributed by atoms with Gasteiger partial charge in [0, 0.05) is 13.6 Å². The van der Waals surface area contributed by atoms with E-state index in [1.165, 1.54) is 12.3 Å². The number of carboxylic acid groups (broad SMARTS) is 1. The van der Waals surface area contributed by atoms with E-state index < -0.39 is 5.97 Å². The van der Waals surface area contributed by atoms with Crippen LogP contribution in [-0.4, -0.2) is 23.1 Å². The molecule has 0 unspecified atom stereocenters. The number of aromatic carboxylic acids is 1. The van der Waals surface area contributed by atoms with Crippen LogP contribution in [0, 0.1) is 0 Å². The van der Waals surface area contributed by atoms with Crippen molar-refractivity contribution in [2.75, 3.05) is 17.7 Å². The molecule has 0 aromatic carbocycles. The zero-order valence-corrected chi connectivity index (χ0v) is 12.5. The van der Waals surface area contributed by atoms with E-state index in [1.807, 2.05) is 23.4 Å². The third-order valence-electron chi connectivity index (χ3n) is 2.58. The number of rotatable bonds is 4. The van der Waals surface area contributed by atoms with Crippen LogP contribution in [0.25, 0.3) is 0 Å². The minimum absolute atomic E-state index is 0.0725. The van der Waals surface area contributed by atoms with E-state index in [0.717, 1.165) is 9.35 Å². The number of hydrogen-bond acceptors (Lipinski definition) is 5. The third-order valence-corrected chi connectivity index (χ3v) is 4.14. The number of carbonyl (C=O) groups is 1. The average molecular weight is 342 g/mol. The first kappa shape index (κ1) is 13.8. The molecule has 2 aromatic heterocycles. The van der Waals surface area contributed by atoms with Crippen LogP contribution in [0.3, 0.4) is 0 Å². The highest BCUT2D eigenvalue weighted by Crippen LogP contribution is 2.23. The number of nitrogen functional groups attached to an aromatic ring is 1. The fraction of sp³-hybridized carbons (Fsp3) is 0.167. The summed E-state index contributed by atoms with van der Waals surface area (Å²) < 4.78 is 1.06. The highest BCUT2D eigenvalue weighted by Gasteiger charge is 2.12. The first-order valence-electron chi connectivity index (χ1n) is 5.40. The Morgan fingerprint density at radius 2 is 2.32 bits per heavy atom. The lowest BCUT2D eigenvalue weighted by molar-refractivity contribution is 0.0698. The summed E-state index contributed by atoms with van der Waals surface area (Å²) in [5.74, 6) is -0.471. The summed E-state index contributed by atoms with van der Waals surface area (Å²) >= 11 is 5.02. The van der Waals surface area contributed by atoms with Crippen molar-refractivity contribution in [3.8, 4) is 0 Å². The van der Waals surface area contributed by atoms with Gasteiger partial charge in [0.2, 0.25) is 0 Å². The summed E-state index contributed by atoms with van der Waals surface area (Å²) in [7, 11) is 1.86. The number of aromatic nitrogens is 1. The molecule has 100 valence electrons. The summed E-state index contributed by atoms with van der Waals surface area (Å²) in [5.41, 5.74) is 6.96. The van der Waals surface area contributed by atoms with Crippen LogP contribution in [-0.2, 0) is 6.54 Å². The molecule has 2 aromatic rings. The number of hydrogen-bond donors (Lipinski definition) is 2. The van der Waals surface area contributed by atoms with Gasteiger partial charge in [-0.05, 0) is 39.0 Å². The Morgan fingerprint density at radius 1 is 1.58 bits per heavy atom. The predicted molar refractivity (Wildman–Crippen MR) is 79.7 cm³/mol. The molecule has 0 fully saturated rings. The fourth-order valence-corrected chi connectivity index (χ4v) is 2.83. The van der Waals surface area contributed by atoms with E-state index in [9.17, 15) is 4.79 Å². The van der Waals surface area contributed by atoms with Crippen molar-refractivity contribution in [2.24, 2.45) is 0 Å². The lowest BCUT2D eigenvalue weighted by Crippen LogP contribution is -2.18. The molecular weight excluding hydrogens is 330 g/mol. The van der Waals surface area contributed by atoms with Crippen molar-refractivity contribution in [1.82, 2.24) is 4.98 Å². The van der Waals surface area contributed by atoms with Gasteiger partial charge in [0.05, 0.1) is 21.2 Å². The maximum atomic E-state index is 11.0. The van der Waals surface area contributed by atoms with Crippen LogP contribution in [0.1, 0.15) is 15.9 Å². The monoisotopic (exact) mass is 341 g/mol. The molecular formula is C12H12BrN3O2S. The molecule has 0 aliphatic heterocycles. The lowest BCUT2D eigenvalue weighted by atomic mass is 10.2. The number of thiophene rings is 1. The lowest BCUT2D eigenvalue weighted by Gasteiger charge is -2.18. The first-order valence-corrected chi connectivity index (χ1v) is 7.07. The number of pyridine rings is 1. The van der Waals surface area contributed by atoms with Crippen molar-refractivity contribution < 1.29 is 9.90 Å². The van der Waals surface area contributed by atoms with E-state index in [0.29, 0.717) is 12.4 Å². The maximum Gasteiger partial charge on any atom is 0.337 e. The predicted octanol–water partition coefficient (Wildman–Crippen LogP) is 2.82. The third kappa shape index (κ3) is 3.24. The highest BCUT2D eigenvalue weighted by molar-refractivity contribution is 9.11. The zero-order valence-electron chi connectivity index (χ0n) is 10.1. The average Bonchev–Trinajstić information content (AvgIpc) is 2.74. The summed E-state index contributed by atoms with van der Waals surface area (Å²) in [6.45, 7) is 0.651. The maximum absolute atomic E-state index is 11.0. The van der Waals surface area contributed by atoms with Crippen molar-refractivity contribution in [1.29, 1.82) is 0 Å². The van der Waals surface area contributed by atoms with Gasteiger partial charge in [0.25, 0.3) is 0 Å². The van der Waals surface area contributed by atoms with Gasteiger partial charge < -0.3 is 15.7 Å². The minimum Gasteiger partial charge on any atom is -0.478 e. The van der Waals surface area contributed by atoms with Crippen LogP contribution in [0.2, 0.25) is 0 Å². The number of nitrogens with two attached hydrogens (primary N) is 1. The number of nitrogens with zero attached hydrogens (tertiary/aromatic N) is 2. The van der Waals surface area contributed by atoms with Crippen LogP contribution < -0.4 is 10.6 Å². The number of carboxylic acids is 1. The van der Waals surface area contributed by atoms with Gasteiger partial charge in [-0.1, -0.05) is 0 Å². The molecule has 2 rings (SSSR count). The van der Waals surface area contributed by atoms with Crippen molar-refractivity contribution >= 4 is 44.7 Å². The Bertz CT molecular complexity index is 615. The zero-order chi connectivity index (χ0) is 14.0. The molecule has 0 spiro atoms. The minimum atomic E-state index is -1.05. The smallest absolute Gasteiger partial charge is 0.337 e. The summed E-state index contributed by atoms with van der Waals surface area (Å²) in [5, 5.41) is 11.1. The molecule has 0 saturated heterocycles. The molecule has 0 saturated carbocycles. The summed E-state index contributed by atoms with van der Waals surface area (Å²) in [6, 6.07) is 3.51. The van der Waals surface area contributed by atoms with Crippen LogP contribution in [0.5, 0.6) is 0 Å². The number of anilines is 2. The Kier molecular flexibility index (Phi) is 4.06. The fourth-order valence-electron chi connectivity index (χ4n) is 1.63. The standard InChI is InChI=1S/C12H12BrN3O2S/c1-16(5-7-2-10(13)19-6-7)11-3-8(12(17)18)9(14)4-15-11/h2-4,6H,5,14H2,1H3,(H,17,18). The molecule has 2 heterocycles. The Morgan fingerprint density at radius 3 is 2.89 bits per heavy atom. The second-order valence-corrected chi connectivity index (χ2v) is 6.34. The summed E-state index contributed by atoms with van der Waals surface area (Å²) in [6.07, 6.45) is 1.37. The van der Waals surface area contributed by atoms with Gasteiger partial charge in [-0.15, -0.1) is 11.3 Å². The molecule has 0 bridgehead atoms. The van der Waals surface area contributed by atoms with Crippen molar-refractivity contribution in [2.45, 2.75) is 6.54 Å². The number of halogens is 1. The molecule has 5 nitrogen and oxygen atoms in total. The molecule has 0 amide bonds. The van der Waals surface area contributed by atoms with E-state index in [4.69, 9.17) is 10.8 Å². The van der Waals surface area contributed by atoms with Crippen LogP contribution in [0.15, 0.2) is 27.5 Å². The van der Waals surface area contributed by atoms with Gasteiger partial charge in [0.15, 0.2) is 0 Å². The van der Waals surface area contributed by atoms with Crippen LogP contribution in [0.4, 0.5) is 11.5 Å². The summed E-state index contributed by atoms with van der Waals surface area (Å²) in [4.78, 5) is 17.1. The topological polar surface area (TPSA) is 79.5 Å². The molecule has 7 heteroatoms. The van der Waals surface area contributed by atoms with E-state index in [1.54, 1.807) is 11.3 Å². The highest BCUT2D eigenvalue weighted by atomic mass is 79.9. The second-order valence-electron chi connectivity index (χ2n) is 4.05. The molecule has 0 radical (unpaired) electrons. The second kappa shape index (κ2) is 5.58. The SMILES string of the molecule is CN(Cc1csc(Br)c1)c1cc(C(=O)O)c(N)cn1. The van der Waals surface area contributed by atoms with Gasteiger partial charge in [-0.2, -0.15) is 0 Å². The van der Waals surface area contributed by atoms with Gasteiger partial charge in [0.1, 0.15) is 5.82 Å². The normalized spacial score (nSPS) is 10.4. The first-order chi connectivity index (χ1) is 8.97. The van der Waals surface area contributed by atoms with Gasteiger partial charge in [-0.3, -0.25) is 0 Å². The van der Waals surface area contributed by atoms with E-state index >= 15 is 0 Å². The van der Waals surface area contributed by atoms with E-state index in [-0.39, 0.29) is 11.3 Å².